The Morgan fingerprint density at radius 2 is 1.84 bits per heavy atom. The highest BCUT2D eigenvalue weighted by Gasteiger charge is 2.27. The minimum absolute atomic E-state index is 0.0136. The maximum Gasteiger partial charge on any atom is 0.138 e. The van der Waals surface area contributed by atoms with E-state index in [1.165, 1.54) is 11.1 Å². The lowest BCUT2D eigenvalue weighted by atomic mass is 10.2. The average Bonchev–Trinajstić information content (AvgIpc) is 3.32. The molecule has 0 radical (unpaired) electrons. The number of ether oxygens (including phenoxy) is 2. The van der Waals surface area contributed by atoms with Crippen LogP contribution in [0.5, 0.6) is 5.75 Å². The largest absolute Gasteiger partial charge is 0.497 e. The number of methoxy groups -OCH3 is 1. The highest BCUT2D eigenvalue weighted by Crippen LogP contribution is 2.29. The predicted octanol–water partition coefficient (Wildman–Crippen LogP) is 4.02. The maximum absolute atomic E-state index is 6.00. The van der Waals surface area contributed by atoms with Gasteiger partial charge in [0, 0.05) is 36.7 Å². The van der Waals surface area contributed by atoms with Gasteiger partial charge in [-0.05, 0) is 35.9 Å². The molecule has 1 aromatic heterocycles. The van der Waals surface area contributed by atoms with Crippen molar-refractivity contribution in [3.63, 3.8) is 0 Å². The topological polar surface area (TPSA) is 26.6 Å². The summed E-state index contributed by atoms with van der Waals surface area (Å²) in [6, 6.07) is 20.7. The van der Waals surface area contributed by atoms with Crippen molar-refractivity contribution >= 4 is 0 Å². The molecule has 0 saturated carbocycles. The van der Waals surface area contributed by atoms with Crippen molar-refractivity contribution in [2.75, 3.05) is 20.3 Å². The molecule has 1 aliphatic rings. The fourth-order valence-electron chi connectivity index (χ4n) is 3.27. The Hall–Kier alpha value is -2.56. The predicted molar refractivity (Wildman–Crippen MR) is 97.9 cm³/mol. The van der Waals surface area contributed by atoms with Crippen molar-refractivity contribution in [1.29, 1.82) is 0 Å². The van der Waals surface area contributed by atoms with E-state index in [-0.39, 0.29) is 6.23 Å². The Kier molecular flexibility index (Phi) is 4.55. The summed E-state index contributed by atoms with van der Waals surface area (Å²) in [6.45, 7) is 2.62. The van der Waals surface area contributed by atoms with Gasteiger partial charge in [0.05, 0.1) is 13.7 Å². The van der Waals surface area contributed by atoms with Crippen molar-refractivity contribution in [2.45, 2.75) is 12.8 Å². The van der Waals surface area contributed by atoms with E-state index in [1.54, 1.807) is 7.11 Å². The monoisotopic (exact) mass is 334 g/mol. The second-order valence-electron chi connectivity index (χ2n) is 6.23. The Bertz CT molecular complexity index is 811. The average molecular weight is 334 g/mol. The number of hydrogen-bond donors (Lipinski definition) is 0. The van der Waals surface area contributed by atoms with Crippen LogP contribution in [0.1, 0.15) is 17.4 Å². The summed E-state index contributed by atoms with van der Waals surface area (Å²) in [7, 11) is 1.68. The van der Waals surface area contributed by atoms with Gasteiger partial charge >= 0.3 is 0 Å². The van der Waals surface area contributed by atoms with Crippen LogP contribution < -0.4 is 4.74 Å². The summed E-state index contributed by atoms with van der Waals surface area (Å²) in [5.74, 6) is 0.865. The van der Waals surface area contributed by atoms with Gasteiger partial charge in [-0.15, -0.1) is 0 Å². The van der Waals surface area contributed by atoms with Gasteiger partial charge < -0.3 is 14.0 Å². The standard InChI is InChI=1S/C21H22N2O2/c1-24-20-9-7-19(8-10-20)22-12-11-18(16-22)21-23(13-14-25-21)15-17-5-3-2-4-6-17/h2-12,16,21H,13-15H2,1H3/t21-/m1/s1. The first-order valence-electron chi connectivity index (χ1n) is 8.55. The molecule has 0 unspecified atom stereocenters. The van der Waals surface area contributed by atoms with E-state index in [0.717, 1.165) is 31.1 Å². The van der Waals surface area contributed by atoms with Gasteiger partial charge in [-0.25, -0.2) is 0 Å². The van der Waals surface area contributed by atoms with Crippen molar-refractivity contribution in [3.8, 4) is 11.4 Å². The van der Waals surface area contributed by atoms with Crippen LogP contribution in [-0.4, -0.2) is 29.7 Å². The van der Waals surface area contributed by atoms with Gasteiger partial charge in [-0.3, -0.25) is 4.90 Å². The normalized spacial score (nSPS) is 17.7. The molecule has 3 aromatic rings. The summed E-state index contributed by atoms with van der Waals surface area (Å²) in [6.07, 6.45) is 4.25. The molecule has 0 spiro atoms. The number of aromatic nitrogens is 1. The molecule has 25 heavy (non-hydrogen) atoms. The van der Waals surface area contributed by atoms with E-state index < -0.39 is 0 Å². The van der Waals surface area contributed by atoms with Gasteiger partial charge in [-0.2, -0.15) is 0 Å². The molecule has 0 amide bonds. The minimum atomic E-state index is 0.0136. The quantitative estimate of drug-likeness (QED) is 0.705. The van der Waals surface area contributed by atoms with E-state index in [0.29, 0.717) is 0 Å². The fraction of sp³-hybridized carbons (Fsp3) is 0.238. The number of benzene rings is 2. The van der Waals surface area contributed by atoms with Crippen LogP contribution >= 0.6 is 0 Å². The van der Waals surface area contributed by atoms with Gasteiger partial charge in [-0.1, -0.05) is 30.3 Å². The molecular weight excluding hydrogens is 312 g/mol. The summed E-state index contributed by atoms with van der Waals surface area (Å²) >= 11 is 0. The van der Waals surface area contributed by atoms with Crippen LogP contribution in [0.3, 0.4) is 0 Å². The number of rotatable bonds is 5. The van der Waals surface area contributed by atoms with Crippen molar-refractivity contribution in [3.05, 3.63) is 84.2 Å². The first kappa shape index (κ1) is 15.9. The molecule has 0 aliphatic carbocycles. The van der Waals surface area contributed by atoms with Crippen LogP contribution in [0, 0.1) is 0 Å². The van der Waals surface area contributed by atoms with Crippen LogP contribution in [0.2, 0.25) is 0 Å². The molecule has 1 aliphatic heterocycles. The Labute approximate surface area is 148 Å². The van der Waals surface area contributed by atoms with Gasteiger partial charge in [0.15, 0.2) is 0 Å². The summed E-state index contributed by atoms with van der Waals surface area (Å²) in [4.78, 5) is 2.38. The lowest BCUT2D eigenvalue weighted by molar-refractivity contribution is 0.0288. The van der Waals surface area contributed by atoms with Crippen LogP contribution in [-0.2, 0) is 11.3 Å². The van der Waals surface area contributed by atoms with Crippen molar-refractivity contribution in [2.24, 2.45) is 0 Å². The van der Waals surface area contributed by atoms with E-state index in [9.17, 15) is 0 Å². The van der Waals surface area contributed by atoms with E-state index >= 15 is 0 Å². The first-order valence-corrected chi connectivity index (χ1v) is 8.55. The smallest absolute Gasteiger partial charge is 0.138 e. The van der Waals surface area contributed by atoms with Gasteiger partial charge in [0.1, 0.15) is 12.0 Å². The maximum atomic E-state index is 6.00. The summed E-state index contributed by atoms with van der Waals surface area (Å²) in [5, 5.41) is 0. The molecule has 1 fully saturated rings. The zero-order chi connectivity index (χ0) is 17.1. The van der Waals surface area contributed by atoms with Gasteiger partial charge in [0.2, 0.25) is 0 Å². The summed E-state index contributed by atoms with van der Waals surface area (Å²) < 4.78 is 13.4. The number of nitrogens with zero attached hydrogens (tertiary/aromatic N) is 2. The minimum Gasteiger partial charge on any atom is -0.497 e. The second kappa shape index (κ2) is 7.13. The van der Waals surface area contributed by atoms with Crippen molar-refractivity contribution < 1.29 is 9.47 Å². The van der Waals surface area contributed by atoms with E-state index in [2.05, 4.69) is 70.4 Å². The molecule has 2 aromatic carbocycles. The first-order chi connectivity index (χ1) is 12.3. The highest BCUT2D eigenvalue weighted by atomic mass is 16.5. The van der Waals surface area contributed by atoms with Crippen LogP contribution in [0.25, 0.3) is 5.69 Å². The molecule has 2 heterocycles. The Balaban J connectivity index is 1.52. The third-order valence-corrected chi connectivity index (χ3v) is 4.59. The molecule has 4 nitrogen and oxygen atoms in total. The zero-order valence-electron chi connectivity index (χ0n) is 14.3. The molecule has 128 valence electrons. The fourth-order valence-corrected chi connectivity index (χ4v) is 3.27. The molecule has 4 rings (SSSR count). The third kappa shape index (κ3) is 3.45. The SMILES string of the molecule is COc1ccc(-n2ccc([C@H]3OCCN3Cc3ccccc3)c2)cc1. The molecule has 1 atom stereocenters. The molecular formula is C21H22N2O2. The van der Waals surface area contributed by atoms with Crippen LogP contribution in [0.15, 0.2) is 73.1 Å². The van der Waals surface area contributed by atoms with Gasteiger partial charge in [0.25, 0.3) is 0 Å². The number of hydrogen-bond acceptors (Lipinski definition) is 3. The van der Waals surface area contributed by atoms with E-state index in [4.69, 9.17) is 9.47 Å². The van der Waals surface area contributed by atoms with Crippen LogP contribution in [0.4, 0.5) is 0 Å². The Morgan fingerprint density at radius 3 is 2.60 bits per heavy atom. The molecule has 0 bridgehead atoms. The lowest BCUT2D eigenvalue weighted by Gasteiger charge is -2.22. The molecule has 4 heteroatoms. The molecule has 1 saturated heterocycles. The van der Waals surface area contributed by atoms with E-state index in [1.807, 2.05) is 12.1 Å². The molecule has 0 N–H and O–H groups in total. The van der Waals surface area contributed by atoms with Crippen molar-refractivity contribution in [1.82, 2.24) is 9.47 Å². The second-order valence-corrected chi connectivity index (χ2v) is 6.23. The lowest BCUT2D eigenvalue weighted by Crippen LogP contribution is -2.23. The zero-order valence-corrected chi connectivity index (χ0v) is 14.3. The Morgan fingerprint density at radius 1 is 1.04 bits per heavy atom. The summed E-state index contributed by atoms with van der Waals surface area (Å²) in [5.41, 5.74) is 3.61. The third-order valence-electron chi connectivity index (χ3n) is 4.59. The highest BCUT2D eigenvalue weighted by molar-refractivity contribution is 5.39.